The highest BCUT2D eigenvalue weighted by Crippen LogP contribution is 2.67. The predicted molar refractivity (Wildman–Crippen MR) is 86.4 cm³/mol. The van der Waals surface area contributed by atoms with Crippen molar-refractivity contribution in [3.05, 3.63) is 25.3 Å². The molecule has 126 valence electrons. The van der Waals surface area contributed by atoms with E-state index in [1.54, 1.807) is 0 Å². The van der Waals surface area contributed by atoms with Gasteiger partial charge in [-0.3, -0.25) is 0 Å². The smallest absolute Gasteiger partial charge is 0.330 e. The summed E-state index contributed by atoms with van der Waals surface area (Å²) in [5, 5.41) is 0. The second-order valence-electron chi connectivity index (χ2n) is 7.36. The molecule has 4 nitrogen and oxygen atoms in total. The zero-order chi connectivity index (χ0) is 16.4. The van der Waals surface area contributed by atoms with Crippen LogP contribution in [0, 0.1) is 29.1 Å². The zero-order valence-corrected chi connectivity index (χ0v) is 13.7. The Hall–Kier alpha value is -1.58. The quantitative estimate of drug-likeness (QED) is 0.534. The first-order valence-corrected chi connectivity index (χ1v) is 8.68. The van der Waals surface area contributed by atoms with Crippen molar-refractivity contribution in [2.45, 2.75) is 38.5 Å². The van der Waals surface area contributed by atoms with Crippen molar-refractivity contribution in [2.24, 2.45) is 29.1 Å². The van der Waals surface area contributed by atoms with Gasteiger partial charge >= 0.3 is 11.9 Å². The summed E-state index contributed by atoms with van der Waals surface area (Å²) >= 11 is 0. The van der Waals surface area contributed by atoms with Gasteiger partial charge in [0.25, 0.3) is 0 Å². The number of ether oxygens (including phenoxy) is 2. The molecule has 3 aliphatic rings. The molecule has 3 aliphatic carbocycles. The Morgan fingerprint density at radius 1 is 1.09 bits per heavy atom. The number of hydrogen-bond donors (Lipinski definition) is 0. The molecule has 3 saturated carbocycles. The van der Waals surface area contributed by atoms with E-state index in [1.807, 2.05) is 0 Å². The van der Waals surface area contributed by atoms with Crippen LogP contribution in [0.2, 0.25) is 0 Å². The number of hydrogen-bond acceptors (Lipinski definition) is 4. The number of rotatable bonds is 7. The minimum atomic E-state index is -0.333. The number of carbonyl (C=O) groups excluding carboxylic acids is 2. The van der Waals surface area contributed by atoms with Crippen LogP contribution in [0.25, 0.3) is 0 Å². The Labute approximate surface area is 137 Å². The first kappa shape index (κ1) is 16.3. The van der Waals surface area contributed by atoms with Crippen molar-refractivity contribution >= 4 is 11.9 Å². The fraction of sp³-hybridized carbons (Fsp3) is 0.684. The minimum Gasteiger partial charge on any atom is -0.463 e. The van der Waals surface area contributed by atoms with Crippen LogP contribution < -0.4 is 0 Å². The topological polar surface area (TPSA) is 52.6 Å². The van der Waals surface area contributed by atoms with E-state index in [0.717, 1.165) is 12.3 Å². The largest absolute Gasteiger partial charge is 0.463 e. The normalized spacial score (nSPS) is 37.2. The molecule has 0 spiro atoms. The van der Waals surface area contributed by atoms with Crippen LogP contribution in [0.3, 0.4) is 0 Å². The molecular formula is C19H26O4. The Morgan fingerprint density at radius 3 is 2.57 bits per heavy atom. The van der Waals surface area contributed by atoms with Gasteiger partial charge in [0.2, 0.25) is 0 Å². The van der Waals surface area contributed by atoms with E-state index >= 15 is 0 Å². The van der Waals surface area contributed by atoms with E-state index in [2.05, 4.69) is 13.2 Å². The predicted octanol–water partition coefficient (Wildman–Crippen LogP) is 3.28. The SMILES string of the molecule is C=CC(=O)OCCC1CC[C@@H]2[C@H]1C1CCC2(COC(=O)C=C)C1. The van der Waals surface area contributed by atoms with E-state index in [1.165, 1.54) is 44.3 Å². The van der Waals surface area contributed by atoms with Gasteiger partial charge in [0.15, 0.2) is 0 Å². The molecule has 4 heteroatoms. The summed E-state index contributed by atoms with van der Waals surface area (Å²) in [7, 11) is 0. The molecule has 0 N–H and O–H groups in total. The summed E-state index contributed by atoms with van der Waals surface area (Å²) in [4.78, 5) is 22.6. The fourth-order valence-electron chi connectivity index (χ4n) is 5.62. The summed E-state index contributed by atoms with van der Waals surface area (Å²) in [6, 6.07) is 0. The molecule has 0 aromatic carbocycles. The second kappa shape index (κ2) is 6.50. The molecule has 0 aromatic heterocycles. The molecule has 0 aliphatic heterocycles. The highest BCUT2D eigenvalue weighted by Gasteiger charge is 2.61. The van der Waals surface area contributed by atoms with Gasteiger partial charge in [-0.1, -0.05) is 13.2 Å². The molecule has 0 saturated heterocycles. The van der Waals surface area contributed by atoms with Crippen LogP contribution >= 0.6 is 0 Å². The van der Waals surface area contributed by atoms with Crippen LogP contribution in [-0.2, 0) is 19.1 Å². The van der Waals surface area contributed by atoms with Crippen LogP contribution in [0.1, 0.15) is 38.5 Å². The van der Waals surface area contributed by atoms with Gasteiger partial charge in [0.1, 0.15) is 0 Å². The van der Waals surface area contributed by atoms with Crippen molar-refractivity contribution < 1.29 is 19.1 Å². The summed E-state index contributed by atoms with van der Waals surface area (Å²) in [5.41, 5.74) is 0.195. The third-order valence-corrected chi connectivity index (χ3v) is 6.44. The summed E-state index contributed by atoms with van der Waals surface area (Å²) in [6.07, 6.45) is 9.45. The van der Waals surface area contributed by atoms with E-state index in [4.69, 9.17) is 9.47 Å². The highest BCUT2D eigenvalue weighted by molar-refractivity contribution is 5.81. The standard InChI is InChI=1S/C19H26O4/c1-3-16(20)22-10-8-13-5-6-15-18(13)14-7-9-19(15,11-14)12-23-17(21)4-2/h3-4,13-15,18H,1-2,5-12H2/t13?,14?,15-,18-,19?/m1/s1. The number of esters is 2. The Bertz CT molecular complexity index is 511. The summed E-state index contributed by atoms with van der Waals surface area (Å²) in [6.45, 7) is 7.94. The third kappa shape index (κ3) is 2.96. The fourth-order valence-corrected chi connectivity index (χ4v) is 5.62. The summed E-state index contributed by atoms with van der Waals surface area (Å²) in [5.74, 6) is 2.13. The van der Waals surface area contributed by atoms with Gasteiger partial charge in [-0.15, -0.1) is 0 Å². The minimum absolute atomic E-state index is 0.195. The first-order valence-electron chi connectivity index (χ1n) is 8.68. The van der Waals surface area contributed by atoms with Gasteiger partial charge in [-0.25, -0.2) is 9.59 Å². The average Bonchev–Trinajstić information content (AvgIpc) is 3.24. The zero-order valence-electron chi connectivity index (χ0n) is 13.7. The molecular weight excluding hydrogens is 292 g/mol. The second-order valence-corrected chi connectivity index (χ2v) is 7.36. The molecule has 2 bridgehead atoms. The lowest BCUT2D eigenvalue weighted by molar-refractivity contribution is -0.142. The van der Waals surface area contributed by atoms with Crippen molar-refractivity contribution in [1.82, 2.24) is 0 Å². The third-order valence-electron chi connectivity index (χ3n) is 6.44. The van der Waals surface area contributed by atoms with E-state index < -0.39 is 0 Å². The lowest BCUT2D eigenvalue weighted by Crippen LogP contribution is -2.34. The Balaban J connectivity index is 1.58. The molecule has 0 radical (unpaired) electrons. The Morgan fingerprint density at radius 2 is 1.83 bits per heavy atom. The lowest BCUT2D eigenvalue weighted by atomic mass is 9.70. The summed E-state index contributed by atoms with van der Waals surface area (Å²) < 4.78 is 10.6. The maximum absolute atomic E-state index is 11.4. The maximum Gasteiger partial charge on any atom is 0.330 e. The van der Waals surface area contributed by atoms with E-state index in [-0.39, 0.29) is 17.4 Å². The van der Waals surface area contributed by atoms with E-state index in [9.17, 15) is 9.59 Å². The van der Waals surface area contributed by atoms with Gasteiger partial charge in [0, 0.05) is 17.6 Å². The molecule has 3 unspecified atom stereocenters. The monoisotopic (exact) mass is 318 g/mol. The molecule has 0 heterocycles. The van der Waals surface area contributed by atoms with Crippen molar-refractivity contribution in [1.29, 1.82) is 0 Å². The van der Waals surface area contributed by atoms with E-state index in [0.29, 0.717) is 31.0 Å². The van der Waals surface area contributed by atoms with Gasteiger partial charge < -0.3 is 9.47 Å². The highest BCUT2D eigenvalue weighted by atomic mass is 16.5. The molecule has 3 fully saturated rings. The first-order chi connectivity index (χ1) is 11.1. The number of carbonyl (C=O) groups is 2. The average molecular weight is 318 g/mol. The van der Waals surface area contributed by atoms with Crippen LogP contribution in [0.5, 0.6) is 0 Å². The Kier molecular flexibility index (Phi) is 4.60. The van der Waals surface area contributed by atoms with Crippen molar-refractivity contribution in [2.75, 3.05) is 13.2 Å². The lowest BCUT2D eigenvalue weighted by Gasteiger charge is -2.36. The molecule has 0 aromatic rings. The van der Waals surface area contributed by atoms with Crippen LogP contribution in [-0.4, -0.2) is 25.2 Å². The van der Waals surface area contributed by atoms with Gasteiger partial charge in [0.05, 0.1) is 13.2 Å². The molecule has 5 atom stereocenters. The van der Waals surface area contributed by atoms with Crippen molar-refractivity contribution in [3.8, 4) is 0 Å². The molecule has 3 rings (SSSR count). The van der Waals surface area contributed by atoms with Gasteiger partial charge in [-0.05, 0) is 62.2 Å². The number of fused-ring (bicyclic) bond motifs is 5. The van der Waals surface area contributed by atoms with Crippen LogP contribution in [0.4, 0.5) is 0 Å². The van der Waals surface area contributed by atoms with Crippen molar-refractivity contribution in [3.63, 3.8) is 0 Å². The van der Waals surface area contributed by atoms with Crippen LogP contribution in [0.15, 0.2) is 25.3 Å². The molecule has 23 heavy (non-hydrogen) atoms. The molecule has 0 amide bonds. The van der Waals surface area contributed by atoms with Gasteiger partial charge in [-0.2, -0.15) is 0 Å². The maximum atomic E-state index is 11.4.